The van der Waals surface area contributed by atoms with Gasteiger partial charge in [0.15, 0.2) is 0 Å². The number of ether oxygens (including phenoxy) is 1. The van der Waals surface area contributed by atoms with E-state index < -0.39 is 0 Å². The molecule has 0 fully saturated rings. The molecule has 0 aliphatic carbocycles. The normalized spacial score (nSPS) is 12.4. The van der Waals surface area contributed by atoms with Crippen LogP contribution in [0.3, 0.4) is 0 Å². The van der Waals surface area contributed by atoms with Crippen LogP contribution < -0.4 is 4.74 Å². The van der Waals surface area contributed by atoms with Crippen molar-refractivity contribution in [2.45, 2.75) is 46.1 Å². The van der Waals surface area contributed by atoms with Gasteiger partial charge < -0.3 is 9.84 Å². The zero-order chi connectivity index (χ0) is 12.5. The number of aliphatic hydroxyl groups is 1. The maximum absolute atomic E-state index is 8.88. The van der Waals surface area contributed by atoms with Gasteiger partial charge in [-0.2, -0.15) is 0 Å². The van der Waals surface area contributed by atoms with Gasteiger partial charge in [0.1, 0.15) is 5.75 Å². The molecule has 17 heavy (non-hydrogen) atoms. The number of nitrogens with zero attached hydrogens (tertiary/aromatic N) is 1. The van der Waals surface area contributed by atoms with Gasteiger partial charge in [-0.3, -0.25) is 4.98 Å². The number of pyridine rings is 1. The molecule has 3 nitrogen and oxygen atoms in total. The lowest BCUT2D eigenvalue weighted by molar-refractivity contribution is 0.232. The fraction of sp³-hybridized carbons (Fsp3) is 0.643. The number of hydrogen-bond donors (Lipinski definition) is 1. The fourth-order valence-electron chi connectivity index (χ4n) is 1.70. The lowest BCUT2D eigenvalue weighted by Crippen LogP contribution is -2.11. The molecule has 0 aliphatic rings. The van der Waals surface area contributed by atoms with Crippen molar-refractivity contribution in [2.75, 3.05) is 6.61 Å². The summed E-state index contributed by atoms with van der Waals surface area (Å²) in [6.07, 6.45) is 6.57. The summed E-state index contributed by atoms with van der Waals surface area (Å²) in [5.41, 5.74) is 0.676. The summed E-state index contributed by atoms with van der Waals surface area (Å²) < 4.78 is 5.71. The van der Waals surface area contributed by atoms with Gasteiger partial charge in [0.2, 0.25) is 0 Å². The second-order valence-electron chi connectivity index (χ2n) is 4.37. The van der Waals surface area contributed by atoms with Gasteiger partial charge in [0.05, 0.1) is 25.1 Å². The zero-order valence-electron chi connectivity index (χ0n) is 10.9. The Morgan fingerprint density at radius 3 is 2.71 bits per heavy atom. The summed E-state index contributed by atoms with van der Waals surface area (Å²) in [6, 6.07) is 3.66. The van der Waals surface area contributed by atoms with Crippen molar-refractivity contribution in [3.05, 3.63) is 24.0 Å². The Labute approximate surface area is 104 Å². The van der Waals surface area contributed by atoms with E-state index >= 15 is 0 Å². The van der Waals surface area contributed by atoms with Gasteiger partial charge in [0.25, 0.3) is 0 Å². The van der Waals surface area contributed by atoms with E-state index in [1.807, 2.05) is 6.07 Å². The Balaban J connectivity index is 2.36. The van der Waals surface area contributed by atoms with E-state index in [4.69, 9.17) is 9.84 Å². The Hall–Kier alpha value is -1.09. The predicted octanol–water partition coefficient (Wildman–Crippen LogP) is 3.17. The van der Waals surface area contributed by atoms with Gasteiger partial charge in [-0.05, 0) is 24.5 Å². The van der Waals surface area contributed by atoms with Crippen molar-refractivity contribution in [3.8, 4) is 5.75 Å². The van der Waals surface area contributed by atoms with Crippen LogP contribution >= 0.6 is 0 Å². The smallest absolute Gasteiger partial charge is 0.137 e. The van der Waals surface area contributed by atoms with Crippen LogP contribution in [-0.2, 0) is 6.61 Å². The van der Waals surface area contributed by atoms with Crippen molar-refractivity contribution in [1.82, 2.24) is 4.98 Å². The zero-order valence-corrected chi connectivity index (χ0v) is 10.9. The summed E-state index contributed by atoms with van der Waals surface area (Å²) in [5.74, 6) is 1.42. The SMILES string of the molecule is CCCCC(CC)COc1ccc(CO)nc1. The highest BCUT2D eigenvalue weighted by molar-refractivity contribution is 5.19. The van der Waals surface area contributed by atoms with E-state index in [0.717, 1.165) is 18.8 Å². The van der Waals surface area contributed by atoms with E-state index in [1.54, 1.807) is 12.3 Å². The predicted molar refractivity (Wildman–Crippen MR) is 69.0 cm³/mol. The average Bonchev–Trinajstić information content (AvgIpc) is 2.39. The van der Waals surface area contributed by atoms with Gasteiger partial charge >= 0.3 is 0 Å². The van der Waals surface area contributed by atoms with E-state index in [2.05, 4.69) is 18.8 Å². The van der Waals surface area contributed by atoms with Gasteiger partial charge in [-0.15, -0.1) is 0 Å². The van der Waals surface area contributed by atoms with Crippen molar-refractivity contribution >= 4 is 0 Å². The topological polar surface area (TPSA) is 42.4 Å². The molecule has 1 aromatic rings. The molecular formula is C14H23NO2. The Kier molecular flexibility index (Phi) is 6.63. The highest BCUT2D eigenvalue weighted by atomic mass is 16.5. The van der Waals surface area contributed by atoms with Crippen molar-refractivity contribution in [2.24, 2.45) is 5.92 Å². The summed E-state index contributed by atoms with van der Waals surface area (Å²) in [6.45, 7) is 5.16. The summed E-state index contributed by atoms with van der Waals surface area (Å²) in [4.78, 5) is 4.09. The molecular weight excluding hydrogens is 214 g/mol. The molecule has 1 heterocycles. The third-order valence-electron chi connectivity index (χ3n) is 2.99. The number of aliphatic hydroxyl groups excluding tert-OH is 1. The van der Waals surface area contributed by atoms with Crippen LogP contribution in [0.4, 0.5) is 0 Å². The van der Waals surface area contributed by atoms with Crippen LogP contribution in [0, 0.1) is 5.92 Å². The molecule has 1 unspecified atom stereocenters. The van der Waals surface area contributed by atoms with Gasteiger partial charge in [-0.1, -0.05) is 33.1 Å². The number of rotatable bonds is 8. The highest BCUT2D eigenvalue weighted by Gasteiger charge is 2.06. The van der Waals surface area contributed by atoms with Crippen LogP contribution in [0.2, 0.25) is 0 Å². The van der Waals surface area contributed by atoms with Crippen molar-refractivity contribution in [3.63, 3.8) is 0 Å². The molecule has 96 valence electrons. The maximum Gasteiger partial charge on any atom is 0.137 e. The molecule has 0 saturated heterocycles. The van der Waals surface area contributed by atoms with Gasteiger partial charge in [-0.25, -0.2) is 0 Å². The Morgan fingerprint density at radius 2 is 2.18 bits per heavy atom. The number of aromatic nitrogens is 1. The molecule has 1 rings (SSSR count). The molecule has 1 aromatic heterocycles. The summed E-state index contributed by atoms with van der Waals surface area (Å²) in [7, 11) is 0. The number of unbranched alkanes of at least 4 members (excludes halogenated alkanes) is 1. The molecule has 1 N–H and O–H groups in total. The maximum atomic E-state index is 8.88. The third kappa shape index (κ3) is 5.18. The standard InChI is InChI=1S/C14H23NO2/c1-3-5-6-12(4-2)11-17-14-8-7-13(10-16)15-9-14/h7-9,12,16H,3-6,10-11H2,1-2H3. The second kappa shape index (κ2) is 8.07. The largest absolute Gasteiger partial charge is 0.492 e. The van der Waals surface area contributed by atoms with Crippen molar-refractivity contribution < 1.29 is 9.84 Å². The Bertz CT molecular complexity index is 298. The van der Waals surface area contributed by atoms with E-state index in [9.17, 15) is 0 Å². The Morgan fingerprint density at radius 1 is 1.35 bits per heavy atom. The molecule has 0 radical (unpaired) electrons. The summed E-state index contributed by atoms with van der Waals surface area (Å²) in [5, 5.41) is 8.88. The lowest BCUT2D eigenvalue weighted by Gasteiger charge is -2.15. The molecule has 0 saturated carbocycles. The first-order chi connectivity index (χ1) is 8.30. The highest BCUT2D eigenvalue weighted by Crippen LogP contribution is 2.16. The molecule has 0 amide bonds. The van der Waals surface area contributed by atoms with Crippen LogP contribution in [0.25, 0.3) is 0 Å². The molecule has 1 atom stereocenters. The first-order valence-electron chi connectivity index (χ1n) is 6.48. The van der Waals surface area contributed by atoms with Crippen molar-refractivity contribution in [1.29, 1.82) is 0 Å². The second-order valence-corrected chi connectivity index (χ2v) is 4.37. The first kappa shape index (κ1) is 14.0. The summed E-state index contributed by atoms with van der Waals surface area (Å²) >= 11 is 0. The van der Waals surface area contributed by atoms with Crippen LogP contribution in [0.1, 0.15) is 45.2 Å². The third-order valence-corrected chi connectivity index (χ3v) is 2.99. The monoisotopic (exact) mass is 237 g/mol. The molecule has 0 aromatic carbocycles. The quantitative estimate of drug-likeness (QED) is 0.755. The van der Waals surface area contributed by atoms with E-state index in [1.165, 1.54) is 19.3 Å². The molecule has 0 aliphatic heterocycles. The number of hydrogen-bond acceptors (Lipinski definition) is 3. The van der Waals surface area contributed by atoms with Gasteiger partial charge in [0, 0.05) is 0 Å². The molecule has 0 spiro atoms. The first-order valence-corrected chi connectivity index (χ1v) is 6.48. The van der Waals surface area contributed by atoms with Crippen LogP contribution in [-0.4, -0.2) is 16.7 Å². The fourth-order valence-corrected chi connectivity index (χ4v) is 1.70. The lowest BCUT2D eigenvalue weighted by atomic mass is 10.0. The minimum Gasteiger partial charge on any atom is -0.492 e. The molecule has 0 bridgehead atoms. The van der Waals surface area contributed by atoms with Crippen LogP contribution in [0.5, 0.6) is 5.75 Å². The van der Waals surface area contributed by atoms with E-state index in [0.29, 0.717) is 11.6 Å². The molecule has 3 heteroatoms. The van der Waals surface area contributed by atoms with E-state index in [-0.39, 0.29) is 6.61 Å². The minimum absolute atomic E-state index is 0.0195. The average molecular weight is 237 g/mol. The minimum atomic E-state index is -0.0195. The van der Waals surface area contributed by atoms with Crippen LogP contribution in [0.15, 0.2) is 18.3 Å².